The zero-order chi connectivity index (χ0) is 28.4. The summed E-state index contributed by atoms with van der Waals surface area (Å²) in [4.78, 5) is 0. The summed E-state index contributed by atoms with van der Waals surface area (Å²) in [5.74, 6) is 0. The average Bonchev–Trinajstić information content (AvgIpc) is 2.92. The Morgan fingerprint density at radius 3 is 0.892 bits per heavy atom. The summed E-state index contributed by atoms with van der Waals surface area (Å²) in [5.41, 5.74) is 0.303. The molecule has 0 heterocycles. The zero-order valence-corrected chi connectivity index (χ0v) is 26.4. The van der Waals surface area contributed by atoms with Gasteiger partial charge in [-0.15, -0.1) is 5.46 Å². The second-order valence-electron chi connectivity index (χ2n) is 11.4. The maximum Gasteiger partial charge on any atom is 0.0784 e. The molecule has 0 aliphatic rings. The average molecular weight is 521 g/mol. The van der Waals surface area contributed by atoms with Crippen molar-refractivity contribution in [3.05, 3.63) is 30.3 Å². The Morgan fingerprint density at radius 2 is 0.730 bits per heavy atom. The molecule has 4 nitrogen and oxygen atoms in total. The summed E-state index contributed by atoms with van der Waals surface area (Å²) < 4.78 is 2.63. The van der Waals surface area contributed by atoms with Gasteiger partial charge in [0, 0.05) is 0 Å². The number of quaternary nitrogens is 2. The van der Waals surface area contributed by atoms with Crippen molar-refractivity contribution in [1.29, 1.82) is 0 Å². The molecular weight excluding hydrogens is 455 g/mol. The van der Waals surface area contributed by atoms with Crippen LogP contribution in [0, 0.1) is 0 Å². The largest absolute Gasteiger partial charge is 0.889 e. The van der Waals surface area contributed by atoms with Gasteiger partial charge in [0.05, 0.1) is 53.4 Å². The van der Waals surface area contributed by atoms with Crippen LogP contribution in [0.3, 0.4) is 0 Å². The molecule has 0 fully saturated rings. The van der Waals surface area contributed by atoms with Crippen molar-refractivity contribution < 1.29 is 19.0 Å². The fraction of sp³-hybridized carbons (Fsp3) is 0.812. The minimum absolute atomic E-state index is 0.303. The molecule has 0 aliphatic heterocycles. The Labute approximate surface area is 233 Å². The number of nitrogens with zero attached hydrogens (tertiary/aromatic N) is 2. The SMILES string of the molecule is CCCC[N+](C)(CCCC)CCCC.CCCC[N+](C)(CCCC)CCCC.[O-]B([O-])c1ccccc1. The van der Waals surface area contributed by atoms with E-state index in [0.717, 1.165) is 0 Å². The third-order valence-corrected chi connectivity index (χ3v) is 7.38. The molecule has 37 heavy (non-hydrogen) atoms. The Balaban J connectivity index is 0. The molecule has 1 rings (SSSR count). The topological polar surface area (TPSA) is 46.1 Å². The van der Waals surface area contributed by atoms with E-state index in [2.05, 4.69) is 55.6 Å². The second kappa shape index (κ2) is 25.4. The second-order valence-corrected chi connectivity index (χ2v) is 11.4. The summed E-state index contributed by atoms with van der Waals surface area (Å²) in [6.45, 7) is 22.1. The Morgan fingerprint density at radius 1 is 0.486 bits per heavy atom. The number of benzene rings is 1. The first kappa shape index (κ1) is 38.3. The lowest BCUT2D eigenvalue weighted by Gasteiger charge is -2.34. The highest BCUT2D eigenvalue weighted by Crippen LogP contribution is 2.12. The Bertz CT molecular complexity index is 510. The van der Waals surface area contributed by atoms with Gasteiger partial charge in [-0.25, -0.2) is 0 Å². The summed E-state index contributed by atoms with van der Waals surface area (Å²) in [6, 6.07) is 8.19. The van der Waals surface area contributed by atoms with E-state index in [1.54, 1.807) is 18.2 Å². The van der Waals surface area contributed by atoms with Crippen LogP contribution >= 0.6 is 0 Å². The number of hydrogen-bond donors (Lipinski definition) is 0. The van der Waals surface area contributed by atoms with Gasteiger partial charge in [-0.3, -0.25) is 0 Å². The van der Waals surface area contributed by atoms with Crippen LogP contribution in [-0.2, 0) is 0 Å². The van der Waals surface area contributed by atoms with Crippen molar-refractivity contribution in [2.45, 2.75) is 119 Å². The van der Waals surface area contributed by atoms with Gasteiger partial charge < -0.3 is 19.0 Å². The van der Waals surface area contributed by atoms with Crippen LogP contribution in [0.4, 0.5) is 0 Å². The Hall–Kier alpha value is -0.875. The molecule has 1 aromatic rings. The molecule has 0 saturated heterocycles. The van der Waals surface area contributed by atoms with E-state index in [-0.39, 0.29) is 0 Å². The van der Waals surface area contributed by atoms with E-state index < -0.39 is 7.12 Å². The highest BCUT2D eigenvalue weighted by molar-refractivity contribution is 6.55. The van der Waals surface area contributed by atoms with E-state index in [1.165, 1.54) is 137 Å². The molecule has 0 aromatic heterocycles. The monoisotopic (exact) mass is 521 g/mol. The number of rotatable bonds is 19. The minimum atomic E-state index is -1.84. The predicted molar refractivity (Wildman–Crippen MR) is 163 cm³/mol. The smallest absolute Gasteiger partial charge is 0.0784 e. The lowest BCUT2D eigenvalue weighted by atomic mass is 9.81. The van der Waals surface area contributed by atoms with Gasteiger partial charge in [-0.2, -0.15) is 0 Å². The molecule has 218 valence electrons. The molecule has 1 aromatic carbocycles. The molecule has 0 amide bonds. The highest BCUT2D eigenvalue weighted by Gasteiger charge is 2.19. The van der Waals surface area contributed by atoms with Gasteiger partial charge in [0.2, 0.25) is 0 Å². The maximum absolute atomic E-state index is 10.2. The maximum atomic E-state index is 10.2. The van der Waals surface area contributed by atoms with Crippen molar-refractivity contribution in [2.24, 2.45) is 0 Å². The van der Waals surface area contributed by atoms with E-state index in [1.807, 2.05) is 0 Å². The standard InChI is InChI=1S/2C13H30N.C6H5BO2/c2*1-5-8-11-14(4,12-9-6-2)13-10-7-3;8-7(9)6-4-2-1-3-5-6/h2*5-13H2,1-4H3;1-5H/q2*+1;-2. The predicted octanol–water partition coefficient (Wildman–Crippen LogP) is 5.77. The van der Waals surface area contributed by atoms with Gasteiger partial charge >= 0.3 is 0 Å². The van der Waals surface area contributed by atoms with Gasteiger partial charge in [0.25, 0.3) is 0 Å². The first-order chi connectivity index (χ1) is 17.7. The summed E-state index contributed by atoms with van der Waals surface area (Å²) in [6.07, 6.45) is 16.4. The van der Waals surface area contributed by atoms with Crippen molar-refractivity contribution in [3.8, 4) is 0 Å². The van der Waals surface area contributed by atoms with E-state index in [4.69, 9.17) is 0 Å². The fourth-order valence-corrected chi connectivity index (χ4v) is 4.52. The summed E-state index contributed by atoms with van der Waals surface area (Å²) >= 11 is 0. The lowest BCUT2D eigenvalue weighted by molar-refractivity contribution is -0.910. The summed E-state index contributed by atoms with van der Waals surface area (Å²) in [5, 5.41) is 20.3. The quantitative estimate of drug-likeness (QED) is 0.172. The van der Waals surface area contributed by atoms with Crippen molar-refractivity contribution in [2.75, 3.05) is 53.4 Å². The van der Waals surface area contributed by atoms with Gasteiger partial charge in [0.1, 0.15) is 0 Å². The molecule has 0 aliphatic carbocycles. The first-order valence-electron chi connectivity index (χ1n) is 15.7. The first-order valence-corrected chi connectivity index (χ1v) is 15.7. The highest BCUT2D eigenvalue weighted by atomic mass is 16.4. The van der Waals surface area contributed by atoms with Crippen LogP contribution in [0.15, 0.2) is 30.3 Å². The lowest BCUT2D eigenvalue weighted by Crippen LogP contribution is -2.54. The van der Waals surface area contributed by atoms with Gasteiger partial charge in [0.15, 0.2) is 0 Å². The Kier molecular flexibility index (Phi) is 26.3. The molecule has 0 bridgehead atoms. The minimum Gasteiger partial charge on any atom is -0.889 e. The molecule has 0 spiro atoms. The van der Waals surface area contributed by atoms with Crippen LogP contribution < -0.4 is 15.5 Å². The number of hydrogen-bond acceptors (Lipinski definition) is 2. The molecule has 0 N–H and O–H groups in total. The van der Waals surface area contributed by atoms with Crippen LogP contribution in [0.2, 0.25) is 0 Å². The van der Waals surface area contributed by atoms with Crippen LogP contribution in [0.5, 0.6) is 0 Å². The normalized spacial score (nSPS) is 11.3. The van der Waals surface area contributed by atoms with Crippen LogP contribution in [0.25, 0.3) is 0 Å². The molecule has 5 heteroatoms. The molecule has 0 atom stereocenters. The molecule has 0 radical (unpaired) electrons. The van der Waals surface area contributed by atoms with Crippen molar-refractivity contribution in [3.63, 3.8) is 0 Å². The van der Waals surface area contributed by atoms with E-state index >= 15 is 0 Å². The van der Waals surface area contributed by atoms with E-state index in [9.17, 15) is 10.0 Å². The van der Waals surface area contributed by atoms with Crippen molar-refractivity contribution >= 4 is 12.6 Å². The third-order valence-electron chi connectivity index (χ3n) is 7.38. The molecule has 0 unspecified atom stereocenters. The van der Waals surface area contributed by atoms with Gasteiger partial charge in [-0.1, -0.05) is 118 Å². The van der Waals surface area contributed by atoms with E-state index in [0.29, 0.717) is 5.46 Å². The third kappa shape index (κ3) is 22.8. The summed E-state index contributed by atoms with van der Waals surface area (Å²) in [7, 11) is 3.05. The molecular formula is C32H65BN2O2. The van der Waals surface area contributed by atoms with Gasteiger partial charge in [-0.05, 0) is 38.5 Å². The zero-order valence-electron chi connectivity index (χ0n) is 26.4. The van der Waals surface area contributed by atoms with Crippen molar-refractivity contribution in [1.82, 2.24) is 0 Å². The van der Waals surface area contributed by atoms with Crippen LogP contribution in [0.1, 0.15) is 119 Å². The molecule has 0 saturated carbocycles. The number of unbranched alkanes of at least 4 members (excludes halogenated alkanes) is 6. The fourth-order valence-electron chi connectivity index (χ4n) is 4.52. The van der Waals surface area contributed by atoms with Crippen LogP contribution in [-0.4, -0.2) is 69.4 Å².